The van der Waals surface area contributed by atoms with Crippen LogP contribution in [0.3, 0.4) is 0 Å². The number of carbonyl (C=O) groups is 5. The van der Waals surface area contributed by atoms with Crippen LogP contribution in [-0.2, 0) is 58.1 Å². The lowest BCUT2D eigenvalue weighted by Gasteiger charge is -2.31. The van der Waals surface area contributed by atoms with Crippen LogP contribution in [0, 0.1) is 11.3 Å². The Morgan fingerprint density at radius 1 is 1.11 bits per heavy atom. The molecule has 1 saturated heterocycles. The van der Waals surface area contributed by atoms with E-state index in [0.29, 0.717) is 25.9 Å². The number of benzene rings is 1. The van der Waals surface area contributed by atoms with Crippen molar-refractivity contribution in [2.24, 2.45) is 11.3 Å². The fourth-order valence-electron chi connectivity index (χ4n) is 7.61. The van der Waals surface area contributed by atoms with Crippen molar-refractivity contribution in [1.82, 2.24) is 25.2 Å². The topological polar surface area (TPSA) is 190 Å². The molecule has 3 aliphatic heterocycles. The van der Waals surface area contributed by atoms with Crippen molar-refractivity contribution in [3.63, 3.8) is 0 Å². The van der Waals surface area contributed by atoms with Gasteiger partial charge in [-0.3, -0.25) is 24.0 Å². The highest BCUT2D eigenvalue weighted by atomic mass is 32.2. The Labute approximate surface area is 323 Å². The number of fused-ring (bicyclic) bond motifs is 3. The van der Waals surface area contributed by atoms with E-state index in [1.165, 1.54) is 11.0 Å². The highest BCUT2D eigenvalue weighted by molar-refractivity contribution is 7.91. The van der Waals surface area contributed by atoms with E-state index in [0.717, 1.165) is 42.4 Å². The molecular formula is C39H55N5O10S. The molecule has 1 aromatic carbocycles. The summed E-state index contributed by atoms with van der Waals surface area (Å²) >= 11 is 0. The summed E-state index contributed by atoms with van der Waals surface area (Å²) in [5, 5.41) is 4.72. The summed E-state index contributed by atoms with van der Waals surface area (Å²) in [4.78, 5) is 72.0. The molecule has 3 fully saturated rings. The molecule has 55 heavy (non-hydrogen) atoms. The lowest BCUT2D eigenvalue weighted by atomic mass is 9.87. The third-order valence-electron chi connectivity index (χ3n) is 11.1. The van der Waals surface area contributed by atoms with Gasteiger partial charge in [-0.05, 0) is 81.4 Å². The first-order chi connectivity index (χ1) is 25.8. The molecule has 1 aromatic rings. The van der Waals surface area contributed by atoms with Crippen LogP contribution in [0.25, 0.3) is 0 Å². The van der Waals surface area contributed by atoms with E-state index in [-0.39, 0.29) is 38.0 Å². The van der Waals surface area contributed by atoms with Crippen molar-refractivity contribution in [2.75, 3.05) is 19.8 Å². The average molecular weight is 786 g/mol. The number of hydrogen-bond donors (Lipinski definition) is 3. The lowest BCUT2D eigenvalue weighted by Crippen LogP contribution is -2.59. The normalized spacial score (nSPS) is 28.7. The van der Waals surface area contributed by atoms with Crippen LogP contribution < -0.4 is 15.4 Å². The summed E-state index contributed by atoms with van der Waals surface area (Å²) in [5.74, 6) is -2.86. The van der Waals surface area contributed by atoms with Gasteiger partial charge in [0.05, 0.1) is 30.6 Å². The second-order valence-electron chi connectivity index (χ2n) is 17.4. The Bertz CT molecular complexity index is 1820. The molecule has 0 spiro atoms. The molecule has 2 saturated carbocycles. The third-order valence-corrected chi connectivity index (χ3v) is 12.9. The first kappa shape index (κ1) is 40.5. The Morgan fingerprint density at radius 3 is 2.51 bits per heavy atom. The molecule has 5 atom stereocenters. The zero-order chi connectivity index (χ0) is 39.9. The van der Waals surface area contributed by atoms with E-state index in [2.05, 4.69) is 28.0 Å². The summed E-state index contributed by atoms with van der Waals surface area (Å²) in [5.41, 5.74) is 0.635. The number of carbonyl (C=O) groups excluding carboxylic acids is 5. The molecule has 0 aromatic heterocycles. The van der Waals surface area contributed by atoms with Gasteiger partial charge in [-0.25, -0.2) is 18.0 Å². The summed E-state index contributed by atoms with van der Waals surface area (Å²) in [6, 6.07) is 3.51. The zero-order valence-electron chi connectivity index (χ0n) is 32.5. The van der Waals surface area contributed by atoms with Gasteiger partial charge in [0.1, 0.15) is 23.7 Å². The molecule has 2 aliphatic carbocycles. The zero-order valence-corrected chi connectivity index (χ0v) is 33.3. The van der Waals surface area contributed by atoms with Gasteiger partial charge in [0.25, 0.3) is 5.91 Å². The standard InChI is InChI=1S/C39H55N5O10S/c1-7-26-18-39(26,34(47)42-55(50,51)28-14-15-28)41-32(45)31-17-27-20-44(31)33(46)30(22-53-37(2,3)4)40-35(48)52-23-38(5,6)16-9-8-11-24-12-10-13-25-19-43(21-29(24)25)36(49)54-27/h7,10,12-13,26-28,30-31H,1,8-9,11,14-23H2,2-6H3,(H,40,48)(H,41,45)(H,42,47)/t26-,27+,30-,31-,39+/m0/s1. The lowest BCUT2D eigenvalue weighted by molar-refractivity contribution is -0.143. The molecule has 3 N–H and O–H groups in total. The SMILES string of the molecule is C=C[C@H]1C[C@]1(NC(=O)[C@@H]1C[C@@H]2CN1C(=O)[C@H](COC(C)(C)C)NC(=O)OCC(C)(C)CCCCc1cccc3c1CN(C3)C(=O)O2)C(=O)NS(=O)(=O)C1CC1. The molecule has 16 heteroatoms. The summed E-state index contributed by atoms with van der Waals surface area (Å²) < 4.78 is 45.1. The number of sulfonamides is 1. The molecule has 5 amide bonds. The van der Waals surface area contributed by atoms with Crippen LogP contribution in [0.1, 0.15) is 96.3 Å². The number of hydrogen-bond acceptors (Lipinski definition) is 10. The third kappa shape index (κ3) is 9.45. The van der Waals surface area contributed by atoms with Crippen molar-refractivity contribution >= 4 is 39.9 Å². The van der Waals surface area contributed by atoms with Gasteiger partial charge >= 0.3 is 12.2 Å². The van der Waals surface area contributed by atoms with E-state index in [1.807, 2.05) is 26.0 Å². The Kier molecular flexibility index (Phi) is 11.3. The Morgan fingerprint density at radius 2 is 1.84 bits per heavy atom. The second-order valence-corrected chi connectivity index (χ2v) is 19.4. The van der Waals surface area contributed by atoms with Crippen molar-refractivity contribution in [1.29, 1.82) is 0 Å². The summed E-state index contributed by atoms with van der Waals surface area (Å²) in [7, 11) is -3.93. The van der Waals surface area contributed by atoms with Gasteiger partial charge in [-0.15, -0.1) is 6.58 Å². The Hall–Kier alpha value is -4.18. The van der Waals surface area contributed by atoms with Gasteiger partial charge < -0.3 is 29.7 Å². The molecule has 4 bridgehead atoms. The fraction of sp³-hybridized carbons (Fsp3) is 0.667. The number of cyclic esters (lactones) is 1. The highest BCUT2D eigenvalue weighted by Crippen LogP contribution is 2.45. The van der Waals surface area contributed by atoms with Gasteiger partial charge in [0.2, 0.25) is 21.8 Å². The minimum absolute atomic E-state index is 0.105. The summed E-state index contributed by atoms with van der Waals surface area (Å²) in [6.45, 7) is 13.6. The second kappa shape index (κ2) is 15.4. The predicted octanol–water partition coefficient (Wildman–Crippen LogP) is 3.44. The minimum Gasteiger partial charge on any atom is -0.449 e. The maximum atomic E-state index is 14.5. The molecule has 302 valence electrons. The summed E-state index contributed by atoms with van der Waals surface area (Å²) in [6.07, 6.45) is 3.41. The number of alkyl carbamates (subject to hydrolysis) is 1. The quantitative estimate of drug-likeness (QED) is 0.330. The molecule has 5 aliphatic rings. The number of aryl methyl sites for hydroxylation is 1. The smallest absolute Gasteiger partial charge is 0.410 e. The van der Waals surface area contributed by atoms with Crippen molar-refractivity contribution in [2.45, 2.75) is 134 Å². The maximum absolute atomic E-state index is 14.5. The van der Waals surface area contributed by atoms with Crippen molar-refractivity contribution in [3.8, 4) is 0 Å². The first-order valence-corrected chi connectivity index (χ1v) is 20.8. The fourth-order valence-corrected chi connectivity index (χ4v) is 8.97. The highest BCUT2D eigenvalue weighted by Gasteiger charge is 2.62. The Balaban J connectivity index is 1.28. The number of ether oxygens (including phenoxy) is 3. The van der Waals surface area contributed by atoms with E-state index in [9.17, 15) is 32.4 Å². The molecule has 15 nitrogen and oxygen atoms in total. The molecule has 0 unspecified atom stereocenters. The van der Waals surface area contributed by atoms with Crippen LogP contribution in [0.4, 0.5) is 9.59 Å². The molecular weight excluding hydrogens is 731 g/mol. The van der Waals surface area contributed by atoms with Crippen LogP contribution in [0.2, 0.25) is 0 Å². The van der Waals surface area contributed by atoms with E-state index in [4.69, 9.17) is 14.2 Å². The molecule has 6 rings (SSSR count). The van der Waals surface area contributed by atoms with E-state index in [1.54, 1.807) is 25.7 Å². The van der Waals surface area contributed by atoms with E-state index < -0.39 is 80.4 Å². The van der Waals surface area contributed by atoms with Crippen LogP contribution >= 0.6 is 0 Å². The van der Waals surface area contributed by atoms with Gasteiger partial charge in [-0.1, -0.05) is 44.5 Å². The average Bonchev–Trinajstić information content (AvgIpc) is 4.00. The predicted molar refractivity (Wildman–Crippen MR) is 201 cm³/mol. The van der Waals surface area contributed by atoms with Crippen molar-refractivity contribution in [3.05, 3.63) is 47.5 Å². The van der Waals surface area contributed by atoms with Crippen LogP contribution in [0.5, 0.6) is 0 Å². The first-order valence-electron chi connectivity index (χ1n) is 19.2. The minimum atomic E-state index is -3.93. The maximum Gasteiger partial charge on any atom is 0.410 e. The van der Waals surface area contributed by atoms with Crippen LogP contribution in [-0.4, -0.2) is 102 Å². The van der Waals surface area contributed by atoms with E-state index >= 15 is 0 Å². The molecule has 0 radical (unpaired) electrons. The van der Waals surface area contributed by atoms with Gasteiger partial charge in [-0.2, -0.15) is 0 Å². The number of nitrogens with zero attached hydrogens (tertiary/aromatic N) is 2. The van der Waals surface area contributed by atoms with Crippen LogP contribution in [0.15, 0.2) is 30.9 Å². The largest absolute Gasteiger partial charge is 0.449 e. The molecule has 3 heterocycles. The number of nitrogens with one attached hydrogen (secondary N) is 3. The van der Waals surface area contributed by atoms with Gasteiger partial charge in [0.15, 0.2) is 0 Å². The van der Waals surface area contributed by atoms with Crippen molar-refractivity contribution < 1.29 is 46.6 Å². The monoisotopic (exact) mass is 785 g/mol. The van der Waals surface area contributed by atoms with Gasteiger partial charge in [0, 0.05) is 25.4 Å². The number of amides is 5. The number of rotatable bonds is 8.